The maximum Gasteiger partial charge on any atom is 0.0453 e. The molecule has 0 aliphatic carbocycles. The molecule has 110 valence electrons. The van der Waals surface area contributed by atoms with Crippen molar-refractivity contribution in [2.75, 3.05) is 32.7 Å². The van der Waals surface area contributed by atoms with Gasteiger partial charge in [0.05, 0.1) is 0 Å². The summed E-state index contributed by atoms with van der Waals surface area (Å²) in [5, 5.41) is 1.43. The van der Waals surface area contributed by atoms with E-state index in [0.29, 0.717) is 16.1 Å². The van der Waals surface area contributed by atoms with Gasteiger partial charge in [0, 0.05) is 54.9 Å². The molecular formula is C14H20Cl2N4. The summed E-state index contributed by atoms with van der Waals surface area (Å²) in [6.07, 6.45) is 0.754. The Hall–Kier alpha value is -0.360. The minimum Gasteiger partial charge on any atom is -0.299 e. The molecule has 3 aliphatic heterocycles. The number of halogens is 2. The van der Waals surface area contributed by atoms with Crippen molar-refractivity contribution in [3.05, 3.63) is 33.8 Å². The number of rotatable bonds is 4. The van der Waals surface area contributed by atoms with Crippen molar-refractivity contribution in [3.63, 3.8) is 0 Å². The van der Waals surface area contributed by atoms with Crippen molar-refractivity contribution < 1.29 is 0 Å². The third kappa shape index (κ3) is 2.82. The SMILES string of the molecule is NNC(Cc1c(Cl)cccc1Cl)C1CN2CCN1CC2. The van der Waals surface area contributed by atoms with Crippen molar-refractivity contribution in [3.8, 4) is 0 Å². The van der Waals surface area contributed by atoms with E-state index < -0.39 is 0 Å². The number of hydrogen-bond donors (Lipinski definition) is 2. The molecule has 2 unspecified atom stereocenters. The highest BCUT2D eigenvalue weighted by Crippen LogP contribution is 2.28. The lowest BCUT2D eigenvalue weighted by Crippen LogP contribution is -2.67. The van der Waals surface area contributed by atoms with Crippen molar-refractivity contribution in [1.29, 1.82) is 0 Å². The summed E-state index contributed by atoms with van der Waals surface area (Å²) in [4.78, 5) is 5.03. The topological polar surface area (TPSA) is 44.5 Å². The third-order valence-corrected chi connectivity index (χ3v) is 5.19. The molecule has 0 spiro atoms. The van der Waals surface area contributed by atoms with E-state index in [1.807, 2.05) is 18.2 Å². The van der Waals surface area contributed by atoms with Crippen LogP contribution in [0.25, 0.3) is 0 Å². The number of nitrogens with two attached hydrogens (primary N) is 1. The molecule has 6 heteroatoms. The lowest BCUT2D eigenvalue weighted by atomic mass is 9.95. The first kappa shape index (κ1) is 14.6. The predicted molar refractivity (Wildman–Crippen MR) is 83.1 cm³/mol. The number of benzene rings is 1. The molecule has 2 bridgehead atoms. The minimum atomic E-state index is 0.162. The first-order valence-corrected chi connectivity index (χ1v) is 7.80. The van der Waals surface area contributed by atoms with Crippen molar-refractivity contribution in [2.24, 2.45) is 5.84 Å². The zero-order valence-corrected chi connectivity index (χ0v) is 12.9. The van der Waals surface area contributed by atoms with E-state index in [9.17, 15) is 0 Å². The Morgan fingerprint density at radius 3 is 2.35 bits per heavy atom. The lowest BCUT2D eigenvalue weighted by molar-refractivity contribution is -0.00314. The van der Waals surface area contributed by atoms with E-state index in [0.717, 1.165) is 31.6 Å². The van der Waals surface area contributed by atoms with Crippen LogP contribution in [0.1, 0.15) is 5.56 Å². The second-order valence-corrected chi connectivity index (χ2v) is 6.40. The highest BCUT2D eigenvalue weighted by molar-refractivity contribution is 6.36. The number of fused-ring (bicyclic) bond motifs is 3. The second kappa shape index (κ2) is 6.18. The summed E-state index contributed by atoms with van der Waals surface area (Å²) in [5.41, 5.74) is 3.96. The average molecular weight is 315 g/mol. The molecule has 20 heavy (non-hydrogen) atoms. The van der Waals surface area contributed by atoms with E-state index in [4.69, 9.17) is 29.0 Å². The van der Waals surface area contributed by atoms with E-state index in [1.54, 1.807) is 0 Å². The van der Waals surface area contributed by atoms with Crippen LogP contribution in [0.3, 0.4) is 0 Å². The molecule has 0 radical (unpaired) electrons. The second-order valence-electron chi connectivity index (χ2n) is 5.58. The Morgan fingerprint density at radius 2 is 1.85 bits per heavy atom. The third-order valence-electron chi connectivity index (χ3n) is 4.49. The van der Waals surface area contributed by atoms with Crippen LogP contribution in [0.5, 0.6) is 0 Å². The van der Waals surface area contributed by atoms with Gasteiger partial charge in [-0.05, 0) is 24.1 Å². The standard InChI is InChI=1S/C14H20Cl2N4/c15-11-2-1-3-12(16)10(11)8-13(18-17)14-9-19-4-6-20(14)7-5-19/h1-3,13-14,18H,4-9,17H2. The van der Waals surface area contributed by atoms with Gasteiger partial charge in [0.15, 0.2) is 0 Å². The largest absolute Gasteiger partial charge is 0.299 e. The summed E-state index contributed by atoms with van der Waals surface area (Å²) in [5.74, 6) is 5.80. The molecule has 3 saturated heterocycles. The number of nitrogens with zero attached hydrogens (tertiary/aromatic N) is 2. The van der Waals surface area contributed by atoms with Crippen molar-refractivity contribution in [1.82, 2.24) is 15.2 Å². The molecule has 3 aliphatic rings. The summed E-state index contributed by atoms with van der Waals surface area (Å²) in [7, 11) is 0. The molecule has 3 fully saturated rings. The summed E-state index contributed by atoms with van der Waals surface area (Å²) in [6, 6.07) is 6.22. The Balaban J connectivity index is 1.77. The van der Waals surface area contributed by atoms with E-state index in [2.05, 4.69) is 15.2 Å². The molecular weight excluding hydrogens is 295 g/mol. The van der Waals surface area contributed by atoms with E-state index in [1.165, 1.54) is 13.1 Å². The zero-order valence-electron chi connectivity index (χ0n) is 11.4. The van der Waals surface area contributed by atoms with Crippen LogP contribution >= 0.6 is 23.2 Å². The van der Waals surface area contributed by atoms with E-state index in [-0.39, 0.29) is 6.04 Å². The fourth-order valence-electron chi connectivity index (χ4n) is 3.29. The van der Waals surface area contributed by atoms with Crippen LogP contribution in [0.4, 0.5) is 0 Å². The Morgan fingerprint density at radius 1 is 1.20 bits per heavy atom. The van der Waals surface area contributed by atoms with Crippen molar-refractivity contribution >= 4 is 23.2 Å². The molecule has 3 heterocycles. The Bertz CT molecular complexity index is 454. The minimum absolute atomic E-state index is 0.162. The number of piperazine rings is 3. The highest BCUT2D eigenvalue weighted by atomic mass is 35.5. The van der Waals surface area contributed by atoms with Gasteiger partial charge in [-0.3, -0.25) is 21.1 Å². The fourth-order valence-corrected chi connectivity index (χ4v) is 3.84. The van der Waals surface area contributed by atoms with Gasteiger partial charge in [0.25, 0.3) is 0 Å². The van der Waals surface area contributed by atoms with Crippen LogP contribution in [-0.2, 0) is 6.42 Å². The predicted octanol–water partition coefficient (Wildman–Crippen LogP) is 1.37. The monoisotopic (exact) mass is 314 g/mol. The van der Waals surface area contributed by atoms with Gasteiger partial charge in [-0.25, -0.2) is 0 Å². The maximum atomic E-state index is 6.27. The molecule has 0 saturated carbocycles. The normalized spacial score (nSPS) is 30.4. The number of nitrogens with one attached hydrogen (secondary N) is 1. The van der Waals surface area contributed by atoms with Crippen LogP contribution in [0.2, 0.25) is 10.0 Å². The molecule has 2 atom stereocenters. The van der Waals surface area contributed by atoms with Crippen LogP contribution in [0.15, 0.2) is 18.2 Å². The van der Waals surface area contributed by atoms with Gasteiger partial charge in [-0.1, -0.05) is 29.3 Å². The maximum absolute atomic E-state index is 6.27. The van der Waals surface area contributed by atoms with E-state index >= 15 is 0 Å². The van der Waals surface area contributed by atoms with Gasteiger partial charge in [0.2, 0.25) is 0 Å². The molecule has 0 aromatic heterocycles. The average Bonchev–Trinajstić information content (AvgIpc) is 2.48. The molecule has 4 nitrogen and oxygen atoms in total. The summed E-state index contributed by atoms with van der Waals surface area (Å²) >= 11 is 12.5. The van der Waals surface area contributed by atoms with Gasteiger partial charge >= 0.3 is 0 Å². The smallest absolute Gasteiger partial charge is 0.0453 e. The molecule has 4 rings (SSSR count). The van der Waals surface area contributed by atoms with Crippen molar-refractivity contribution in [2.45, 2.75) is 18.5 Å². The first-order valence-electron chi connectivity index (χ1n) is 7.04. The highest BCUT2D eigenvalue weighted by Gasteiger charge is 2.36. The molecule has 1 aromatic carbocycles. The summed E-state index contributed by atoms with van der Waals surface area (Å²) in [6.45, 7) is 5.65. The van der Waals surface area contributed by atoms with Gasteiger partial charge in [-0.2, -0.15) is 0 Å². The first-order chi connectivity index (χ1) is 9.69. The van der Waals surface area contributed by atoms with Crippen LogP contribution in [0, 0.1) is 0 Å². The molecule has 1 aromatic rings. The summed E-state index contributed by atoms with van der Waals surface area (Å²) < 4.78 is 0. The lowest BCUT2D eigenvalue weighted by Gasteiger charge is -2.50. The van der Waals surface area contributed by atoms with Crippen LogP contribution in [-0.4, -0.2) is 54.6 Å². The van der Waals surface area contributed by atoms with Crippen LogP contribution < -0.4 is 11.3 Å². The molecule has 0 amide bonds. The number of hydrazine groups is 1. The van der Waals surface area contributed by atoms with Gasteiger partial charge in [0.1, 0.15) is 0 Å². The Labute approximate surface area is 129 Å². The Kier molecular flexibility index (Phi) is 4.50. The fraction of sp³-hybridized carbons (Fsp3) is 0.571. The van der Waals surface area contributed by atoms with Gasteiger partial charge < -0.3 is 0 Å². The number of hydrogen-bond acceptors (Lipinski definition) is 4. The zero-order chi connectivity index (χ0) is 14.1. The van der Waals surface area contributed by atoms with Gasteiger partial charge in [-0.15, -0.1) is 0 Å². The quantitative estimate of drug-likeness (QED) is 0.651. The molecule has 3 N–H and O–H groups in total.